The molecule has 2 aromatic rings. The fourth-order valence-corrected chi connectivity index (χ4v) is 4.18. The maximum Gasteiger partial charge on any atom is 0.246 e. The molecule has 4 rings (SSSR count). The average Bonchev–Trinajstić information content (AvgIpc) is 2.77. The number of nitrogens with zero attached hydrogens (tertiary/aromatic N) is 2. The predicted molar refractivity (Wildman–Crippen MR) is 112 cm³/mol. The first-order valence-electron chi connectivity index (χ1n) is 10.2. The molecule has 0 saturated carbocycles. The van der Waals surface area contributed by atoms with Crippen LogP contribution in [0.2, 0.25) is 0 Å². The normalized spacial score (nSPS) is 17.4. The highest BCUT2D eigenvalue weighted by Gasteiger charge is 2.32. The summed E-state index contributed by atoms with van der Waals surface area (Å²) in [5.41, 5.74) is 2.73. The van der Waals surface area contributed by atoms with Crippen molar-refractivity contribution < 1.29 is 14.0 Å². The first-order chi connectivity index (χ1) is 14.1. The molecule has 2 aromatic carbocycles. The van der Waals surface area contributed by atoms with Gasteiger partial charge >= 0.3 is 0 Å². The molecule has 1 saturated heterocycles. The topological polar surface area (TPSA) is 40.6 Å². The number of rotatable bonds is 3. The summed E-state index contributed by atoms with van der Waals surface area (Å²) in [4.78, 5) is 29.1. The van der Waals surface area contributed by atoms with Gasteiger partial charge in [-0.25, -0.2) is 4.39 Å². The highest BCUT2D eigenvalue weighted by molar-refractivity contribution is 5.96. The van der Waals surface area contributed by atoms with Crippen LogP contribution in [0.1, 0.15) is 30.4 Å². The molecule has 2 aliphatic heterocycles. The molecular weight excluding hydrogens is 367 g/mol. The lowest BCUT2D eigenvalue weighted by atomic mass is 9.93. The molecule has 0 aromatic heterocycles. The van der Waals surface area contributed by atoms with Crippen molar-refractivity contribution >= 4 is 23.6 Å². The van der Waals surface area contributed by atoms with Crippen molar-refractivity contribution in [2.45, 2.75) is 25.7 Å². The second-order valence-electron chi connectivity index (χ2n) is 7.71. The lowest BCUT2D eigenvalue weighted by Crippen LogP contribution is -2.45. The molecule has 0 N–H and O–H groups in total. The minimum Gasteiger partial charge on any atom is -0.339 e. The van der Waals surface area contributed by atoms with Gasteiger partial charge in [-0.1, -0.05) is 36.4 Å². The summed E-state index contributed by atoms with van der Waals surface area (Å²) in [6, 6.07) is 14.4. The van der Waals surface area contributed by atoms with Gasteiger partial charge in [-0.15, -0.1) is 0 Å². The van der Waals surface area contributed by atoms with Gasteiger partial charge in [0, 0.05) is 37.3 Å². The Kier molecular flexibility index (Phi) is 5.74. The van der Waals surface area contributed by atoms with Crippen LogP contribution in [0.5, 0.6) is 0 Å². The van der Waals surface area contributed by atoms with E-state index in [1.165, 1.54) is 12.1 Å². The van der Waals surface area contributed by atoms with Crippen LogP contribution in [-0.2, 0) is 16.0 Å². The molecule has 2 aliphatic rings. The molecule has 0 bridgehead atoms. The van der Waals surface area contributed by atoms with Crippen molar-refractivity contribution in [3.8, 4) is 0 Å². The number of hydrogen-bond acceptors (Lipinski definition) is 2. The maximum atomic E-state index is 13.7. The Hall–Kier alpha value is -2.95. The van der Waals surface area contributed by atoms with Gasteiger partial charge in [0.25, 0.3) is 0 Å². The number of benzene rings is 2. The van der Waals surface area contributed by atoms with E-state index >= 15 is 0 Å². The number of carbonyl (C=O) groups excluding carboxylic acids is 2. The number of hydrogen-bond donors (Lipinski definition) is 0. The summed E-state index contributed by atoms with van der Waals surface area (Å²) < 4.78 is 13.7. The van der Waals surface area contributed by atoms with E-state index in [1.807, 2.05) is 36.4 Å². The number of likely N-dealkylation sites (tertiary alicyclic amines) is 1. The number of amides is 2. The van der Waals surface area contributed by atoms with Crippen molar-refractivity contribution in [2.75, 3.05) is 24.5 Å². The van der Waals surface area contributed by atoms with E-state index < -0.39 is 0 Å². The number of piperidine rings is 1. The third-order valence-electron chi connectivity index (χ3n) is 5.81. The van der Waals surface area contributed by atoms with Crippen LogP contribution in [0.4, 0.5) is 10.1 Å². The molecule has 1 fully saturated rings. The summed E-state index contributed by atoms with van der Waals surface area (Å²) in [6.45, 7) is 1.77. The van der Waals surface area contributed by atoms with Crippen molar-refractivity contribution in [1.82, 2.24) is 4.90 Å². The molecule has 5 heteroatoms. The molecule has 2 amide bonds. The number of carbonyl (C=O) groups is 2. The Morgan fingerprint density at radius 3 is 2.52 bits per heavy atom. The van der Waals surface area contributed by atoms with Gasteiger partial charge in [0.2, 0.25) is 11.8 Å². The lowest BCUT2D eigenvalue weighted by Gasteiger charge is -2.36. The van der Waals surface area contributed by atoms with Crippen LogP contribution < -0.4 is 4.90 Å². The number of halogens is 1. The highest BCUT2D eigenvalue weighted by Crippen LogP contribution is 2.31. The number of fused-ring (bicyclic) bond motifs is 1. The van der Waals surface area contributed by atoms with Crippen molar-refractivity contribution in [1.29, 1.82) is 0 Å². The Bertz CT molecular complexity index is 918. The third-order valence-corrected chi connectivity index (χ3v) is 5.81. The summed E-state index contributed by atoms with van der Waals surface area (Å²) in [5, 5.41) is 0. The standard InChI is InChI=1S/C24H25FN2O2/c25-21-10-9-19-7-4-14-27(22(19)17-21)24(29)20-12-15-26(16-13-20)23(28)11-8-18-5-2-1-3-6-18/h1-3,5-6,8-11,17,20H,4,7,12-16H2/b11-8+. The molecule has 29 heavy (non-hydrogen) atoms. The minimum atomic E-state index is -0.311. The van der Waals surface area contributed by atoms with Crippen LogP contribution in [0.15, 0.2) is 54.6 Å². The first kappa shape index (κ1) is 19.4. The molecule has 0 unspecified atom stereocenters. The molecule has 0 spiro atoms. The van der Waals surface area contributed by atoms with E-state index in [-0.39, 0.29) is 23.5 Å². The van der Waals surface area contributed by atoms with Crippen molar-refractivity contribution in [3.05, 3.63) is 71.6 Å². The molecular formula is C24H25FN2O2. The van der Waals surface area contributed by atoms with E-state index in [2.05, 4.69) is 0 Å². The zero-order chi connectivity index (χ0) is 20.2. The van der Waals surface area contributed by atoms with Gasteiger partial charge < -0.3 is 9.80 Å². The molecule has 0 aliphatic carbocycles. The van der Waals surface area contributed by atoms with Gasteiger partial charge in [0.15, 0.2) is 0 Å². The quantitative estimate of drug-likeness (QED) is 0.739. The average molecular weight is 392 g/mol. The summed E-state index contributed by atoms with van der Waals surface area (Å²) in [7, 11) is 0. The predicted octanol–water partition coefficient (Wildman–Crippen LogP) is 4.06. The minimum absolute atomic E-state index is 0.0230. The zero-order valence-electron chi connectivity index (χ0n) is 16.4. The van der Waals surface area contributed by atoms with E-state index in [0.29, 0.717) is 38.2 Å². The Balaban J connectivity index is 1.36. The Morgan fingerprint density at radius 1 is 1.00 bits per heavy atom. The van der Waals surface area contributed by atoms with Crippen molar-refractivity contribution in [2.24, 2.45) is 5.92 Å². The molecule has 2 heterocycles. The largest absolute Gasteiger partial charge is 0.339 e. The van der Waals surface area contributed by atoms with Crippen molar-refractivity contribution in [3.63, 3.8) is 0 Å². The molecule has 4 nitrogen and oxygen atoms in total. The fourth-order valence-electron chi connectivity index (χ4n) is 4.18. The number of anilines is 1. The van der Waals surface area contributed by atoms with Crippen LogP contribution in [0.25, 0.3) is 6.08 Å². The van der Waals surface area contributed by atoms with Gasteiger partial charge in [0.1, 0.15) is 5.82 Å². The van der Waals surface area contributed by atoms with E-state index in [0.717, 1.165) is 24.0 Å². The first-order valence-corrected chi connectivity index (χ1v) is 10.2. The smallest absolute Gasteiger partial charge is 0.246 e. The Morgan fingerprint density at radius 2 is 1.76 bits per heavy atom. The van der Waals surface area contributed by atoms with E-state index in [4.69, 9.17) is 0 Å². The van der Waals surface area contributed by atoms with Gasteiger partial charge in [-0.2, -0.15) is 0 Å². The van der Waals surface area contributed by atoms with Crippen LogP contribution >= 0.6 is 0 Å². The lowest BCUT2D eigenvalue weighted by molar-refractivity contribution is -0.131. The summed E-state index contributed by atoms with van der Waals surface area (Å²) in [5.74, 6) is -0.394. The SMILES string of the molecule is O=C(/C=C/c1ccccc1)N1CCC(C(=O)N2CCCc3ccc(F)cc32)CC1. The Labute approximate surface area is 170 Å². The fraction of sp³-hybridized carbons (Fsp3) is 0.333. The van der Waals surface area contributed by atoms with Crippen LogP contribution in [0, 0.1) is 11.7 Å². The van der Waals surface area contributed by atoms with E-state index in [9.17, 15) is 14.0 Å². The molecule has 0 radical (unpaired) electrons. The second kappa shape index (κ2) is 8.60. The highest BCUT2D eigenvalue weighted by atomic mass is 19.1. The zero-order valence-corrected chi connectivity index (χ0v) is 16.4. The van der Waals surface area contributed by atoms with Gasteiger partial charge in [0.05, 0.1) is 0 Å². The third kappa shape index (κ3) is 4.39. The van der Waals surface area contributed by atoms with E-state index in [1.54, 1.807) is 21.9 Å². The van der Waals surface area contributed by atoms with Gasteiger partial charge in [-0.05, 0) is 55.0 Å². The molecule has 0 atom stereocenters. The summed E-state index contributed by atoms with van der Waals surface area (Å²) in [6.07, 6.45) is 6.47. The second-order valence-corrected chi connectivity index (χ2v) is 7.71. The maximum absolute atomic E-state index is 13.7. The number of aryl methyl sites for hydroxylation is 1. The van der Waals surface area contributed by atoms with Crippen LogP contribution in [-0.4, -0.2) is 36.3 Å². The van der Waals surface area contributed by atoms with Crippen LogP contribution in [0.3, 0.4) is 0 Å². The molecule has 150 valence electrons. The monoisotopic (exact) mass is 392 g/mol. The van der Waals surface area contributed by atoms with Gasteiger partial charge in [-0.3, -0.25) is 9.59 Å². The summed E-state index contributed by atoms with van der Waals surface area (Å²) >= 11 is 0.